The van der Waals surface area contributed by atoms with E-state index in [-0.39, 0.29) is 0 Å². The van der Waals surface area contributed by atoms with Crippen LogP contribution in [-0.2, 0) is 14.3 Å². The average molecular weight is 192 g/mol. The van der Waals surface area contributed by atoms with Gasteiger partial charge in [0.05, 0.1) is 0 Å². The summed E-state index contributed by atoms with van der Waals surface area (Å²) in [6.45, 7) is -2.38. The van der Waals surface area contributed by atoms with Crippen LogP contribution in [0.15, 0.2) is 0 Å². The van der Waals surface area contributed by atoms with Crippen molar-refractivity contribution in [1.82, 2.24) is 0 Å². The number of carbonyl (C=O) groups is 2. The topological polar surface area (TPSA) is 130 Å². The maximum absolute atomic E-state index is 10.3. The molecule has 0 unspecified atom stereocenters. The van der Waals surface area contributed by atoms with Gasteiger partial charge in [0.1, 0.15) is 0 Å². The summed E-state index contributed by atoms with van der Waals surface area (Å²) in [6, 6.07) is 0. The van der Waals surface area contributed by atoms with E-state index in [1.807, 2.05) is 0 Å². The molecule has 0 aliphatic carbocycles. The summed E-state index contributed by atoms with van der Waals surface area (Å²) in [4.78, 5) is 38.0. The molecule has 0 atom stereocenters. The van der Waals surface area contributed by atoms with Crippen molar-refractivity contribution in [3.05, 3.63) is 20.2 Å². The Morgan fingerprint density at radius 3 is 1.54 bits per heavy atom. The van der Waals surface area contributed by atoms with Crippen molar-refractivity contribution < 1.29 is 24.2 Å². The van der Waals surface area contributed by atoms with Gasteiger partial charge >= 0.3 is 11.9 Å². The third kappa shape index (κ3) is 6.34. The zero-order valence-electron chi connectivity index (χ0n) is 6.17. The van der Waals surface area contributed by atoms with E-state index in [2.05, 4.69) is 4.74 Å². The van der Waals surface area contributed by atoms with E-state index in [0.29, 0.717) is 0 Å². The normalized spacial score (nSPS) is 8.92. The number of nitro groups is 2. The van der Waals surface area contributed by atoms with Gasteiger partial charge in [0.25, 0.3) is 13.1 Å². The van der Waals surface area contributed by atoms with Crippen LogP contribution in [0.4, 0.5) is 0 Å². The van der Waals surface area contributed by atoms with Gasteiger partial charge in [0.15, 0.2) is 0 Å². The summed E-state index contributed by atoms with van der Waals surface area (Å²) < 4.78 is 3.71. The Morgan fingerprint density at radius 1 is 1.00 bits per heavy atom. The highest BCUT2D eigenvalue weighted by atomic mass is 16.7. The first-order valence-corrected chi connectivity index (χ1v) is 2.89. The summed E-state index contributed by atoms with van der Waals surface area (Å²) in [5.41, 5.74) is 0. The number of ether oxygens (including phenoxy) is 1. The average Bonchev–Trinajstić information content (AvgIpc) is 1.80. The fourth-order valence-corrected chi connectivity index (χ4v) is 0.402. The maximum Gasteiger partial charge on any atom is 0.386 e. The van der Waals surface area contributed by atoms with Crippen LogP contribution in [0.2, 0.25) is 0 Å². The molecule has 0 saturated carbocycles. The van der Waals surface area contributed by atoms with E-state index in [4.69, 9.17) is 0 Å². The Morgan fingerprint density at radius 2 is 1.31 bits per heavy atom. The number of hydrogen-bond acceptors (Lipinski definition) is 7. The number of esters is 2. The quantitative estimate of drug-likeness (QED) is 0.232. The number of nitrogens with zero attached hydrogens (tertiary/aromatic N) is 2. The first-order chi connectivity index (χ1) is 5.91. The molecule has 0 fully saturated rings. The Bertz CT molecular complexity index is 233. The monoisotopic (exact) mass is 192 g/mol. The minimum atomic E-state index is -1.42. The van der Waals surface area contributed by atoms with Crippen LogP contribution < -0.4 is 0 Å². The highest BCUT2D eigenvalue weighted by molar-refractivity contribution is 5.86. The number of rotatable bonds is 4. The van der Waals surface area contributed by atoms with Gasteiger partial charge in [-0.2, -0.15) is 0 Å². The standard InChI is InChI=1S/C4H4N2O7/c7-3(1-5(9)10)13-4(8)2-6(11)12/h1-2H2. The van der Waals surface area contributed by atoms with Gasteiger partial charge in [-0.1, -0.05) is 0 Å². The predicted molar refractivity (Wildman–Crippen MR) is 34.8 cm³/mol. The second kappa shape index (κ2) is 4.74. The molecular weight excluding hydrogens is 188 g/mol. The van der Waals surface area contributed by atoms with Crippen molar-refractivity contribution in [3.8, 4) is 0 Å². The van der Waals surface area contributed by atoms with E-state index < -0.39 is 34.9 Å². The molecule has 0 spiro atoms. The molecule has 9 heteroatoms. The molecule has 0 aliphatic rings. The summed E-state index contributed by atoms with van der Waals surface area (Å²) in [6.07, 6.45) is 0. The van der Waals surface area contributed by atoms with Crippen molar-refractivity contribution in [2.75, 3.05) is 13.1 Å². The van der Waals surface area contributed by atoms with Gasteiger partial charge in [-0.25, -0.2) is 9.59 Å². The van der Waals surface area contributed by atoms with Gasteiger partial charge in [-0.05, 0) is 0 Å². The lowest BCUT2D eigenvalue weighted by Crippen LogP contribution is -2.24. The Hall–Kier alpha value is -2.06. The Balaban J connectivity index is 3.85. The molecule has 13 heavy (non-hydrogen) atoms. The summed E-state index contributed by atoms with van der Waals surface area (Å²) in [7, 11) is 0. The zero-order valence-corrected chi connectivity index (χ0v) is 6.17. The second-order valence-electron chi connectivity index (χ2n) is 1.83. The van der Waals surface area contributed by atoms with E-state index in [1.165, 1.54) is 0 Å². The fourth-order valence-electron chi connectivity index (χ4n) is 0.402. The minimum absolute atomic E-state index is 1.01. The molecule has 0 amide bonds. The first kappa shape index (κ1) is 10.9. The Kier molecular flexibility index (Phi) is 3.99. The second-order valence-corrected chi connectivity index (χ2v) is 1.83. The van der Waals surface area contributed by atoms with E-state index >= 15 is 0 Å². The van der Waals surface area contributed by atoms with Crippen LogP contribution >= 0.6 is 0 Å². The smallest absolute Gasteiger partial charge is 0.383 e. The fraction of sp³-hybridized carbons (Fsp3) is 0.500. The predicted octanol–water partition coefficient (Wildman–Crippen LogP) is -1.39. The van der Waals surface area contributed by atoms with E-state index in [9.17, 15) is 29.8 Å². The lowest BCUT2D eigenvalue weighted by molar-refractivity contribution is -0.474. The molecule has 0 heterocycles. The summed E-state index contributed by atoms with van der Waals surface area (Å²) in [5.74, 6) is -2.84. The summed E-state index contributed by atoms with van der Waals surface area (Å²) in [5, 5.41) is 19.3. The van der Waals surface area contributed by atoms with E-state index in [1.54, 1.807) is 0 Å². The largest absolute Gasteiger partial charge is 0.386 e. The SMILES string of the molecule is O=C(C[N+](=O)[O-])OC(=O)C[N+](=O)[O-]. The minimum Gasteiger partial charge on any atom is -0.383 e. The number of carbonyl (C=O) groups excluding carboxylic acids is 2. The third-order valence-corrected chi connectivity index (χ3v) is 0.744. The van der Waals surface area contributed by atoms with Gasteiger partial charge in [-0.3, -0.25) is 20.2 Å². The Labute approximate surface area is 70.6 Å². The van der Waals surface area contributed by atoms with Gasteiger partial charge in [-0.15, -0.1) is 0 Å². The molecule has 0 saturated heterocycles. The molecule has 0 aromatic rings. The van der Waals surface area contributed by atoms with Crippen molar-refractivity contribution in [2.45, 2.75) is 0 Å². The highest BCUT2D eigenvalue weighted by Gasteiger charge is 2.19. The van der Waals surface area contributed by atoms with Crippen LogP contribution in [0.5, 0.6) is 0 Å². The van der Waals surface area contributed by atoms with Crippen molar-refractivity contribution in [1.29, 1.82) is 0 Å². The van der Waals surface area contributed by atoms with Crippen LogP contribution in [0.25, 0.3) is 0 Å². The van der Waals surface area contributed by atoms with Crippen LogP contribution in [0.1, 0.15) is 0 Å². The molecule has 0 radical (unpaired) electrons. The first-order valence-electron chi connectivity index (χ1n) is 2.89. The molecule has 0 rings (SSSR count). The molecule has 9 nitrogen and oxygen atoms in total. The van der Waals surface area contributed by atoms with Crippen molar-refractivity contribution in [3.63, 3.8) is 0 Å². The van der Waals surface area contributed by atoms with Crippen LogP contribution in [0.3, 0.4) is 0 Å². The third-order valence-electron chi connectivity index (χ3n) is 0.744. The molecule has 0 aromatic heterocycles. The van der Waals surface area contributed by atoms with Crippen molar-refractivity contribution in [2.24, 2.45) is 0 Å². The molecule has 72 valence electrons. The molecule has 0 bridgehead atoms. The lowest BCUT2D eigenvalue weighted by Gasteiger charge is -1.94. The van der Waals surface area contributed by atoms with Gasteiger partial charge in [0.2, 0.25) is 0 Å². The molecule has 0 N–H and O–H groups in total. The highest BCUT2D eigenvalue weighted by Crippen LogP contribution is 1.83. The summed E-state index contributed by atoms with van der Waals surface area (Å²) >= 11 is 0. The number of hydrogen-bond donors (Lipinski definition) is 0. The van der Waals surface area contributed by atoms with Crippen LogP contribution in [0, 0.1) is 20.2 Å². The zero-order chi connectivity index (χ0) is 10.4. The van der Waals surface area contributed by atoms with Gasteiger partial charge in [0, 0.05) is 9.85 Å². The van der Waals surface area contributed by atoms with Gasteiger partial charge < -0.3 is 4.74 Å². The van der Waals surface area contributed by atoms with E-state index in [0.717, 1.165) is 0 Å². The molecule has 0 aromatic carbocycles. The lowest BCUT2D eigenvalue weighted by atomic mass is 10.6. The maximum atomic E-state index is 10.3. The van der Waals surface area contributed by atoms with Crippen LogP contribution in [-0.4, -0.2) is 34.9 Å². The van der Waals surface area contributed by atoms with Crippen molar-refractivity contribution >= 4 is 11.9 Å². The molecule has 0 aliphatic heterocycles. The molecular formula is C4H4N2O7.